The van der Waals surface area contributed by atoms with Crippen molar-refractivity contribution >= 4 is 17.2 Å². The molecule has 0 radical (unpaired) electrons. The van der Waals surface area contributed by atoms with Gasteiger partial charge in [-0.3, -0.25) is 4.79 Å². The molecule has 4 rings (SSSR count). The van der Waals surface area contributed by atoms with Gasteiger partial charge in [0.05, 0.1) is 31.5 Å². The molecule has 1 atom stereocenters. The van der Waals surface area contributed by atoms with E-state index in [1.54, 1.807) is 31.1 Å². The van der Waals surface area contributed by atoms with Crippen molar-refractivity contribution < 1.29 is 19.0 Å². The third-order valence-electron chi connectivity index (χ3n) is 5.28. The number of carbonyl (C=O) groups excluding carboxylic acids is 1. The molecule has 1 aliphatic heterocycles. The highest BCUT2D eigenvalue weighted by Gasteiger charge is 2.32. The van der Waals surface area contributed by atoms with Gasteiger partial charge in [0.15, 0.2) is 0 Å². The fraction of sp³-hybridized carbons (Fsp3) is 0.304. The molecule has 6 nitrogen and oxygen atoms in total. The van der Waals surface area contributed by atoms with E-state index in [1.165, 1.54) is 0 Å². The first-order valence-electron chi connectivity index (χ1n) is 9.82. The summed E-state index contributed by atoms with van der Waals surface area (Å²) < 4.78 is 16.7. The van der Waals surface area contributed by atoms with Crippen LogP contribution in [0.15, 0.2) is 53.4 Å². The van der Waals surface area contributed by atoms with E-state index in [0.717, 1.165) is 35.6 Å². The molecule has 1 aliphatic rings. The average Bonchev–Trinajstić information content (AvgIpc) is 3.49. The van der Waals surface area contributed by atoms with Gasteiger partial charge >= 0.3 is 0 Å². The molecule has 3 aromatic rings. The first-order valence-corrected chi connectivity index (χ1v) is 10.8. The van der Waals surface area contributed by atoms with E-state index in [1.807, 2.05) is 52.7 Å². The monoisotopic (exact) mass is 424 g/mol. The van der Waals surface area contributed by atoms with Crippen molar-refractivity contribution in [3.05, 3.63) is 70.2 Å². The van der Waals surface area contributed by atoms with Crippen molar-refractivity contribution in [2.75, 3.05) is 20.8 Å². The Morgan fingerprint density at radius 2 is 1.93 bits per heavy atom. The SMILES string of the molecule is COc1ccc(OC)c([C@@H]2CCCN2C(=O)c2ccc(OCc3cscn3)cc2)c1. The molecule has 0 N–H and O–H groups in total. The van der Waals surface area contributed by atoms with Crippen LogP contribution in [0.3, 0.4) is 0 Å². The lowest BCUT2D eigenvalue weighted by molar-refractivity contribution is 0.0734. The second-order valence-corrected chi connectivity index (χ2v) is 7.78. The predicted octanol–water partition coefficient (Wildman–Crippen LogP) is 4.72. The van der Waals surface area contributed by atoms with Crippen LogP contribution in [0, 0.1) is 0 Å². The van der Waals surface area contributed by atoms with E-state index in [4.69, 9.17) is 14.2 Å². The van der Waals surface area contributed by atoms with Crippen molar-refractivity contribution in [2.24, 2.45) is 0 Å². The first kappa shape index (κ1) is 20.2. The quantitative estimate of drug-likeness (QED) is 0.549. The number of ether oxygens (including phenoxy) is 3. The van der Waals surface area contributed by atoms with Crippen molar-refractivity contribution in [2.45, 2.75) is 25.5 Å². The van der Waals surface area contributed by atoms with Gasteiger partial charge in [0.25, 0.3) is 5.91 Å². The second-order valence-electron chi connectivity index (χ2n) is 7.06. The largest absolute Gasteiger partial charge is 0.497 e. The van der Waals surface area contributed by atoms with E-state index in [9.17, 15) is 4.79 Å². The average molecular weight is 425 g/mol. The standard InChI is InChI=1S/C23H24N2O4S/c1-27-19-9-10-22(28-2)20(12-19)21-4-3-11-25(21)23(26)16-5-7-18(8-6-16)29-13-17-14-30-15-24-17/h5-10,12,14-15,21H,3-4,11,13H2,1-2H3/t21-/m0/s1. The Morgan fingerprint density at radius 3 is 2.63 bits per heavy atom. The van der Waals surface area contributed by atoms with Crippen LogP contribution in [-0.4, -0.2) is 36.6 Å². The Morgan fingerprint density at radius 1 is 1.13 bits per heavy atom. The molecule has 0 bridgehead atoms. The van der Waals surface area contributed by atoms with E-state index >= 15 is 0 Å². The molecule has 1 fully saturated rings. The third kappa shape index (κ3) is 4.26. The van der Waals surface area contributed by atoms with Gasteiger partial charge in [-0.25, -0.2) is 4.98 Å². The lowest BCUT2D eigenvalue weighted by atomic mass is 10.0. The maximum atomic E-state index is 13.2. The van der Waals surface area contributed by atoms with E-state index in [0.29, 0.717) is 24.5 Å². The van der Waals surface area contributed by atoms with Gasteiger partial charge in [-0.2, -0.15) is 0 Å². The van der Waals surface area contributed by atoms with Crippen LogP contribution in [0.5, 0.6) is 17.2 Å². The molecular formula is C23H24N2O4S. The van der Waals surface area contributed by atoms with Crippen LogP contribution in [-0.2, 0) is 6.61 Å². The highest BCUT2D eigenvalue weighted by atomic mass is 32.1. The van der Waals surface area contributed by atoms with Gasteiger partial charge in [-0.05, 0) is 55.3 Å². The highest BCUT2D eigenvalue weighted by Crippen LogP contribution is 2.39. The summed E-state index contributed by atoms with van der Waals surface area (Å²) in [7, 11) is 3.29. The maximum absolute atomic E-state index is 13.2. The van der Waals surface area contributed by atoms with E-state index < -0.39 is 0 Å². The maximum Gasteiger partial charge on any atom is 0.254 e. The topological polar surface area (TPSA) is 60.9 Å². The predicted molar refractivity (Wildman–Crippen MR) is 115 cm³/mol. The molecule has 0 aliphatic carbocycles. The minimum Gasteiger partial charge on any atom is -0.497 e. The summed E-state index contributed by atoms with van der Waals surface area (Å²) in [5.41, 5.74) is 4.30. The van der Waals surface area contributed by atoms with Crippen LogP contribution >= 0.6 is 11.3 Å². The minimum atomic E-state index is -0.0388. The number of benzene rings is 2. The summed E-state index contributed by atoms with van der Waals surface area (Å²) in [6.45, 7) is 1.13. The molecule has 0 unspecified atom stereocenters. The molecular weight excluding hydrogens is 400 g/mol. The number of nitrogens with zero attached hydrogens (tertiary/aromatic N) is 2. The van der Waals surface area contributed by atoms with E-state index in [2.05, 4.69) is 4.98 Å². The molecule has 2 aromatic carbocycles. The number of thiazole rings is 1. The highest BCUT2D eigenvalue weighted by molar-refractivity contribution is 7.07. The first-order chi connectivity index (χ1) is 14.7. The van der Waals surface area contributed by atoms with Crippen molar-refractivity contribution in [3.63, 3.8) is 0 Å². The van der Waals surface area contributed by atoms with Crippen molar-refractivity contribution in [1.82, 2.24) is 9.88 Å². The van der Waals surface area contributed by atoms with Gasteiger partial charge in [0.2, 0.25) is 0 Å². The van der Waals surface area contributed by atoms with Crippen LogP contribution in [0.25, 0.3) is 0 Å². The normalized spacial score (nSPS) is 15.8. The van der Waals surface area contributed by atoms with Gasteiger partial charge in [-0.1, -0.05) is 0 Å². The Hall–Kier alpha value is -3.06. The summed E-state index contributed by atoms with van der Waals surface area (Å²) in [4.78, 5) is 19.4. The number of methoxy groups -OCH3 is 2. The molecule has 0 spiro atoms. The smallest absolute Gasteiger partial charge is 0.254 e. The summed E-state index contributed by atoms with van der Waals surface area (Å²) in [5.74, 6) is 2.25. The summed E-state index contributed by atoms with van der Waals surface area (Å²) >= 11 is 1.54. The summed E-state index contributed by atoms with van der Waals surface area (Å²) in [6.07, 6.45) is 1.84. The fourth-order valence-corrected chi connectivity index (χ4v) is 4.30. The number of hydrogen-bond donors (Lipinski definition) is 0. The molecule has 0 saturated carbocycles. The third-order valence-corrected chi connectivity index (χ3v) is 5.92. The number of amides is 1. The van der Waals surface area contributed by atoms with Crippen LogP contribution in [0.1, 0.15) is 40.5 Å². The second kappa shape index (κ2) is 9.17. The molecule has 1 aromatic heterocycles. The number of carbonyl (C=O) groups is 1. The molecule has 7 heteroatoms. The van der Waals surface area contributed by atoms with Gasteiger partial charge in [0.1, 0.15) is 23.9 Å². The summed E-state index contributed by atoms with van der Waals surface area (Å²) in [5, 5.41) is 1.96. The van der Waals surface area contributed by atoms with E-state index in [-0.39, 0.29) is 11.9 Å². The van der Waals surface area contributed by atoms with Crippen LogP contribution in [0.2, 0.25) is 0 Å². The molecule has 2 heterocycles. The Bertz CT molecular complexity index is 989. The molecule has 1 amide bonds. The lowest BCUT2D eigenvalue weighted by Gasteiger charge is -2.27. The number of hydrogen-bond acceptors (Lipinski definition) is 6. The lowest BCUT2D eigenvalue weighted by Crippen LogP contribution is -2.30. The molecule has 1 saturated heterocycles. The van der Waals surface area contributed by atoms with Crippen LogP contribution < -0.4 is 14.2 Å². The van der Waals surface area contributed by atoms with Crippen LogP contribution in [0.4, 0.5) is 0 Å². The Balaban J connectivity index is 1.50. The van der Waals surface area contributed by atoms with Crippen molar-refractivity contribution in [1.29, 1.82) is 0 Å². The fourth-order valence-electron chi connectivity index (χ4n) is 3.76. The van der Waals surface area contributed by atoms with Crippen molar-refractivity contribution in [3.8, 4) is 17.2 Å². The molecule has 30 heavy (non-hydrogen) atoms. The Kier molecular flexibility index (Phi) is 6.18. The zero-order valence-corrected chi connectivity index (χ0v) is 17.9. The van der Waals surface area contributed by atoms with Gasteiger partial charge in [-0.15, -0.1) is 11.3 Å². The number of rotatable bonds is 7. The summed E-state index contributed by atoms with van der Waals surface area (Å²) in [6, 6.07) is 13.0. The van der Waals surface area contributed by atoms with Gasteiger partial charge in [0, 0.05) is 23.1 Å². The Labute approximate surface area is 180 Å². The zero-order valence-electron chi connectivity index (χ0n) is 17.0. The molecule has 156 valence electrons. The zero-order chi connectivity index (χ0) is 20.9. The minimum absolute atomic E-state index is 0.00780. The number of aromatic nitrogens is 1. The van der Waals surface area contributed by atoms with Gasteiger partial charge < -0.3 is 19.1 Å². The number of likely N-dealkylation sites (tertiary alicyclic amines) is 1.